The average Bonchev–Trinajstić information content (AvgIpc) is 3.49. The summed E-state index contributed by atoms with van der Waals surface area (Å²) in [6.07, 6.45) is 2.75. The third-order valence-corrected chi connectivity index (χ3v) is 7.08. The summed E-state index contributed by atoms with van der Waals surface area (Å²) in [7, 11) is 0. The lowest BCUT2D eigenvalue weighted by molar-refractivity contribution is -0.113. The maximum absolute atomic E-state index is 13.2. The lowest BCUT2D eigenvalue weighted by Gasteiger charge is -2.24. The zero-order chi connectivity index (χ0) is 24.1. The number of benzene rings is 2. The highest BCUT2D eigenvalue weighted by molar-refractivity contribution is 7.99. The topological polar surface area (TPSA) is 80.1 Å². The van der Waals surface area contributed by atoms with Crippen LogP contribution in [0.5, 0.6) is 0 Å². The van der Waals surface area contributed by atoms with E-state index in [0.717, 1.165) is 36.3 Å². The van der Waals surface area contributed by atoms with Gasteiger partial charge in [-0.2, -0.15) is 0 Å². The molecule has 1 aromatic heterocycles. The fraction of sp³-hybridized carbons (Fsp3) is 0.385. The van der Waals surface area contributed by atoms with Gasteiger partial charge in [-0.15, -0.1) is 10.2 Å². The van der Waals surface area contributed by atoms with Crippen LogP contribution in [0.2, 0.25) is 0 Å². The van der Waals surface area contributed by atoms with Crippen molar-refractivity contribution in [3.63, 3.8) is 0 Å². The van der Waals surface area contributed by atoms with Gasteiger partial charge in [-0.25, -0.2) is 0 Å². The molecule has 1 aliphatic heterocycles. The molecule has 1 N–H and O–H groups in total. The maximum atomic E-state index is 13.2. The number of rotatable bonds is 8. The predicted octanol–water partition coefficient (Wildman–Crippen LogP) is 4.88. The summed E-state index contributed by atoms with van der Waals surface area (Å²) in [4.78, 5) is 27.6. The van der Waals surface area contributed by atoms with Crippen LogP contribution in [0.3, 0.4) is 0 Å². The number of carbonyl (C=O) groups excluding carboxylic acids is 2. The molecule has 0 radical (unpaired) electrons. The van der Waals surface area contributed by atoms with E-state index >= 15 is 0 Å². The number of nitrogens with zero attached hydrogens (tertiary/aromatic N) is 4. The van der Waals surface area contributed by atoms with Crippen LogP contribution < -0.4 is 5.32 Å². The standard InChI is InChI=1S/C26H31N5O2S/c1-4-19-11-13-21(14-12-19)27-23(32)17-34-26-29-28-24(30(26)5-2)22-10-7-15-31(22)25(33)20-9-6-8-18(3)16-20/h6,8-9,11-14,16,22H,4-5,7,10,15,17H2,1-3H3,(H,27,32). The van der Waals surface area contributed by atoms with Crippen molar-refractivity contribution in [1.29, 1.82) is 0 Å². The van der Waals surface area contributed by atoms with Crippen molar-refractivity contribution in [2.75, 3.05) is 17.6 Å². The minimum atomic E-state index is -0.110. The molecule has 1 atom stereocenters. The highest BCUT2D eigenvalue weighted by Crippen LogP contribution is 2.34. The molecule has 1 fully saturated rings. The van der Waals surface area contributed by atoms with E-state index in [-0.39, 0.29) is 23.6 Å². The van der Waals surface area contributed by atoms with E-state index in [4.69, 9.17) is 0 Å². The van der Waals surface area contributed by atoms with Crippen molar-refractivity contribution >= 4 is 29.3 Å². The zero-order valence-corrected chi connectivity index (χ0v) is 20.8. The molecule has 178 valence electrons. The number of anilines is 1. The molecule has 3 aromatic rings. The van der Waals surface area contributed by atoms with Gasteiger partial charge in [0.2, 0.25) is 5.91 Å². The van der Waals surface area contributed by atoms with Gasteiger partial charge in [0.15, 0.2) is 11.0 Å². The summed E-state index contributed by atoms with van der Waals surface area (Å²) < 4.78 is 2.03. The molecule has 2 heterocycles. The molecule has 2 aromatic carbocycles. The number of carbonyl (C=O) groups is 2. The number of aryl methyl sites for hydroxylation is 2. The first-order chi connectivity index (χ1) is 16.5. The Morgan fingerprint density at radius 2 is 1.91 bits per heavy atom. The molecule has 1 aliphatic rings. The molecular weight excluding hydrogens is 446 g/mol. The number of hydrogen-bond acceptors (Lipinski definition) is 5. The highest BCUT2D eigenvalue weighted by atomic mass is 32.2. The van der Waals surface area contributed by atoms with E-state index in [1.807, 2.05) is 71.8 Å². The van der Waals surface area contributed by atoms with Crippen molar-refractivity contribution < 1.29 is 9.59 Å². The van der Waals surface area contributed by atoms with Crippen LogP contribution in [0.4, 0.5) is 5.69 Å². The number of likely N-dealkylation sites (tertiary alicyclic amines) is 1. The van der Waals surface area contributed by atoms with Crippen molar-refractivity contribution in [3.05, 3.63) is 71.0 Å². The second-order valence-electron chi connectivity index (χ2n) is 8.50. The quantitative estimate of drug-likeness (QED) is 0.468. The summed E-state index contributed by atoms with van der Waals surface area (Å²) in [6, 6.07) is 15.5. The molecule has 34 heavy (non-hydrogen) atoms. The first kappa shape index (κ1) is 24.0. The van der Waals surface area contributed by atoms with E-state index in [0.29, 0.717) is 23.8 Å². The normalized spacial score (nSPS) is 15.5. The van der Waals surface area contributed by atoms with Crippen LogP contribution in [0, 0.1) is 6.92 Å². The Kier molecular flexibility index (Phi) is 7.67. The van der Waals surface area contributed by atoms with Gasteiger partial charge in [0.05, 0.1) is 11.8 Å². The molecule has 0 saturated carbocycles. The van der Waals surface area contributed by atoms with Crippen molar-refractivity contribution in [2.24, 2.45) is 0 Å². The number of aromatic nitrogens is 3. The number of nitrogens with one attached hydrogen (secondary N) is 1. The van der Waals surface area contributed by atoms with E-state index in [1.54, 1.807) is 0 Å². The molecular formula is C26H31N5O2S. The molecule has 8 heteroatoms. The summed E-state index contributed by atoms with van der Waals surface area (Å²) in [5, 5.41) is 12.5. The SMILES string of the molecule is CCc1ccc(NC(=O)CSc2nnc(C3CCCN3C(=O)c3cccc(C)c3)n2CC)cc1. The van der Waals surface area contributed by atoms with Crippen molar-refractivity contribution in [1.82, 2.24) is 19.7 Å². The fourth-order valence-electron chi connectivity index (χ4n) is 4.32. The van der Waals surface area contributed by atoms with Gasteiger partial charge in [-0.05, 0) is 62.9 Å². The third kappa shape index (κ3) is 5.33. The van der Waals surface area contributed by atoms with Crippen LogP contribution in [-0.4, -0.2) is 43.8 Å². The van der Waals surface area contributed by atoms with Gasteiger partial charge in [0.25, 0.3) is 5.91 Å². The van der Waals surface area contributed by atoms with E-state index in [1.165, 1.54) is 17.3 Å². The lowest BCUT2D eigenvalue weighted by Crippen LogP contribution is -2.32. The first-order valence-electron chi connectivity index (χ1n) is 11.8. The van der Waals surface area contributed by atoms with E-state index in [9.17, 15) is 9.59 Å². The lowest BCUT2D eigenvalue weighted by atomic mass is 10.1. The van der Waals surface area contributed by atoms with E-state index in [2.05, 4.69) is 22.4 Å². The summed E-state index contributed by atoms with van der Waals surface area (Å²) in [5.41, 5.74) is 3.79. The first-order valence-corrected chi connectivity index (χ1v) is 12.8. The Morgan fingerprint density at radius 1 is 1.12 bits per heavy atom. The summed E-state index contributed by atoms with van der Waals surface area (Å²) in [5.74, 6) is 0.974. The number of thioether (sulfide) groups is 1. The van der Waals surface area contributed by atoms with Gasteiger partial charge in [-0.3, -0.25) is 9.59 Å². The van der Waals surface area contributed by atoms with Crippen molar-refractivity contribution in [2.45, 2.75) is 57.8 Å². The Labute approximate surface area is 205 Å². The van der Waals surface area contributed by atoms with Crippen LogP contribution in [0.25, 0.3) is 0 Å². The minimum absolute atomic E-state index is 0.0273. The summed E-state index contributed by atoms with van der Waals surface area (Å²) >= 11 is 1.37. The van der Waals surface area contributed by atoms with Gasteiger partial charge in [0, 0.05) is 24.3 Å². The van der Waals surface area contributed by atoms with Crippen LogP contribution in [-0.2, 0) is 17.8 Å². The zero-order valence-electron chi connectivity index (χ0n) is 20.0. The Hall–Kier alpha value is -3.13. The monoisotopic (exact) mass is 477 g/mol. The fourth-order valence-corrected chi connectivity index (χ4v) is 5.13. The Balaban J connectivity index is 1.44. The molecule has 7 nitrogen and oxygen atoms in total. The summed E-state index contributed by atoms with van der Waals surface area (Å²) in [6.45, 7) is 7.51. The molecule has 1 unspecified atom stereocenters. The molecule has 1 saturated heterocycles. The van der Waals surface area contributed by atoms with Gasteiger partial charge in [-0.1, -0.05) is 48.5 Å². The molecule has 4 rings (SSSR count). The van der Waals surface area contributed by atoms with Gasteiger partial charge < -0.3 is 14.8 Å². The van der Waals surface area contributed by atoms with Crippen LogP contribution in [0.15, 0.2) is 53.7 Å². The van der Waals surface area contributed by atoms with Crippen molar-refractivity contribution in [3.8, 4) is 0 Å². The van der Waals surface area contributed by atoms with E-state index < -0.39 is 0 Å². The van der Waals surface area contributed by atoms with Crippen LogP contribution in [0.1, 0.15) is 60.0 Å². The molecule has 2 amide bonds. The third-order valence-electron chi connectivity index (χ3n) is 6.12. The Bertz CT molecular complexity index is 1160. The average molecular weight is 478 g/mol. The smallest absolute Gasteiger partial charge is 0.254 e. The maximum Gasteiger partial charge on any atom is 0.254 e. The Morgan fingerprint density at radius 3 is 2.62 bits per heavy atom. The molecule has 0 aliphatic carbocycles. The van der Waals surface area contributed by atoms with Gasteiger partial charge >= 0.3 is 0 Å². The molecule has 0 spiro atoms. The van der Waals surface area contributed by atoms with Gasteiger partial charge in [0.1, 0.15) is 0 Å². The minimum Gasteiger partial charge on any atom is -0.328 e. The molecule has 0 bridgehead atoms. The number of amides is 2. The van der Waals surface area contributed by atoms with Crippen LogP contribution >= 0.6 is 11.8 Å². The highest BCUT2D eigenvalue weighted by Gasteiger charge is 2.34. The predicted molar refractivity (Wildman–Crippen MR) is 135 cm³/mol. The second kappa shape index (κ2) is 10.9. The number of hydrogen-bond donors (Lipinski definition) is 1. The largest absolute Gasteiger partial charge is 0.328 e. The second-order valence-corrected chi connectivity index (χ2v) is 9.44.